The Balaban J connectivity index is 1.89. The van der Waals surface area contributed by atoms with Crippen molar-refractivity contribution in [2.75, 3.05) is 4.72 Å². The van der Waals surface area contributed by atoms with Crippen LogP contribution < -0.4 is 4.72 Å². The number of imidazole rings is 1. The van der Waals surface area contributed by atoms with Gasteiger partial charge in [-0.05, 0) is 32.9 Å². The van der Waals surface area contributed by atoms with Crippen molar-refractivity contribution < 1.29 is 8.42 Å². The van der Waals surface area contributed by atoms with Gasteiger partial charge in [0.2, 0.25) is 0 Å². The fourth-order valence-electron chi connectivity index (χ4n) is 2.58. The van der Waals surface area contributed by atoms with Crippen molar-refractivity contribution in [3.05, 3.63) is 48.4 Å². The molecule has 3 heterocycles. The van der Waals surface area contributed by atoms with Crippen LogP contribution in [0, 0.1) is 13.8 Å². The minimum absolute atomic E-state index is 0.211. The molecule has 3 aromatic heterocycles. The van der Waals surface area contributed by atoms with Crippen LogP contribution in [0.1, 0.15) is 18.3 Å². The molecule has 0 saturated heterocycles. The second kappa shape index (κ2) is 6.08. The Morgan fingerprint density at radius 1 is 1.25 bits per heavy atom. The van der Waals surface area contributed by atoms with Gasteiger partial charge in [-0.1, -0.05) is 0 Å². The summed E-state index contributed by atoms with van der Waals surface area (Å²) in [5.41, 5.74) is 1.48. The number of nitrogens with zero attached hydrogens (tertiary/aromatic N) is 5. The van der Waals surface area contributed by atoms with Crippen molar-refractivity contribution in [3.63, 3.8) is 0 Å². The predicted molar refractivity (Wildman–Crippen MR) is 89.5 cm³/mol. The van der Waals surface area contributed by atoms with Crippen LogP contribution in [0.25, 0.3) is 5.82 Å². The van der Waals surface area contributed by atoms with Crippen LogP contribution in [0.15, 0.2) is 41.9 Å². The summed E-state index contributed by atoms with van der Waals surface area (Å²) in [5, 5.41) is 4.26. The van der Waals surface area contributed by atoms with E-state index in [9.17, 15) is 8.42 Å². The third-order valence-electron chi connectivity index (χ3n) is 3.65. The molecular formula is C15H18N6O2S. The van der Waals surface area contributed by atoms with Crippen LogP contribution in [0.3, 0.4) is 0 Å². The van der Waals surface area contributed by atoms with Crippen LogP contribution in [0.2, 0.25) is 0 Å². The molecule has 1 N–H and O–H groups in total. The van der Waals surface area contributed by atoms with E-state index in [0.717, 1.165) is 0 Å². The average molecular weight is 346 g/mol. The summed E-state index contributed by atoms with van der Waals surface area (Å²) in [6.07, 6.45) is 6.51. The molecule has 0 saturated carbocycles. The third kappa shape index (κ3) is 2.90. The maximum absolute atomic E-state index is 12.7. The Morgan fingerprint density at radius 3 is 2.58 bits per heavy atom. The number of anilines is 1. The summed E-state index contributed by atoms with van der Waals surface area (Å²) in [6, 6.07) is 3.38. The van der Waals surface area contributed by atoms with Crippen LogP contribution in [-0.4, -0.2) is 32.7 Å². The standard InChI is InChI=1S/C15H18N6O2S/c1-4-21-12(3)15(11(2)18-21)24(22,23)19-13-5-6-14(17-9-13)20-8-7-16-10-20/h5-10,19H,4H2,1-3H3. The summed E-state index contributed by atoms with van der Waals surface area (Å²) in [5.74, 6) is 0.654. The number of sulfonamides is 1. The number of aryl methyl sites for hydroxylation is 2. The van der Waals surface area contributed by atoms with Crippen LogP contribution >= 0.6 is 0 Å². The van der Waals surface area contributed by atoms with E-state index in [1.807, 2.05) is 6.92 Å². The quantitative estimate of drug-likeness (QED) is 0.761. The Hall–Kier alpha value is -2.68. The first kappa shape index (κ1) is 16.2. The Bertz CT molecular complexity index is 943. The lowest BCUT2D eigenvalue weighted by molar-refractivity contribution is 0.598. The molecule has 0 atom stereocenters. The molecule has 0 aliphatic rings. The van der Waals surface area contributed by atoms with E-state index in [2.05, 4.69) is 19.8 Å². The van der Waals surface area contributed by atoms with E-state index < -0.39 is 10.0 Å². The molecule has 24 heavy (non-hydrogen) atoms. The van der Waals surface area contributed by atoms with Crippen LogP contribution in [0.5, 0.6) is 0 Å². The lowest BCUT2D eigenvalue weighted by Gasteiger charge is -2.09. The van der Waals surface area contributed by atoms with Gasteiger partial charge < -0.3 is 0 Å². The molecule has 126 valence electrons. The zero-order chi connectivity index (χ0) is 17.3. The zero-order valence-electron chi connectivity index (χ0n) is 13.6. The molecule has 8 nitrogen and oxygen atoms in total. The fraction of sp³-hybridized carbons (Fsp3) is 0.267. The largest absolute Gasteiger partial charge is 0.291 e. The molecule has 0 spiro atoms. The monoisotopic (exact) mass is 346 g/mol. The van der Waals surface area contributed by atoms with Gasteiger partial charge in [0, 0.05) is 18.9 Å². The molecule has 0 aromatic carbocycles. The first-order chi connectivity index (χ1) is 11.4. The minimum atomic E-state index is -3.72. The number of nitrogens with one attached hydrogen (secondary N) is 1. The first-order valence-electron chi connectivity index (χ1n) is 7.43. The van der Waals surface area contributed by atoms with Crippen LogP contribution in [0.4, 0.5) is 5.69 Å². The Morgan fingerprint density at radius 2 is 2.04 bits per heavy atom. The molecule has 0 bridgehead atoms. The highest BCUT2D eigenvalue weighted by atomic mass is 32.2. The van der Waals surface area contributed by atoms with Crippen molar-refractivity contribution in [2.24, 2.45) is 0 Å². The second-order valence-electron chi connectivity index (χ2n) is 5.30. The van der Waals surface area contributed by atoms with Gasteiger partial charge in [-0.15, -0.1) is 0 Å². The molecule has 0 amide bonds. The SMILES string of the molecule is CCn1nc(C)c(S(=O)(=O)Nc2ccc(-n3ccnc3)nc2)c1C. The maximum Gasteiger partial charge on any atom is 0.265 e. The van der Waals surface area contributed by atoms with E-state index in [4.69, 9.17) is 0 Å². The highest BCUT2D eigenvalue weighted by Crippen LogP contribution is 2.22. The zero-order valence-corrected chi connectivity index (χ0v) is 14.4. The number of hydrogen-bond acceptors (Lipinski definition) is 5. The molecular weight excluding hydrogens is 328 g/mol. The van der Waals surface area contributed by atoms with Crippen molar-refractivity contribution >= 4 is 15.7 Å². The molecule has 0 radical (unpaired) electrons. The maximum atomic E-state index is 12.7. The highest BCUT2D eigenvalue weighted by Gasteiger charge is 2.24. The van der Waals surface area contributed by atoms with Gasteiger partial charge in [0.15, 0.2) is 0 Å². The van der Waals surface area contributed by atoms with E-state index in [-0.39, 0.29) is 4.90 Å². The Kier molecular flexibility index (Phi) is 4.10. The molecule has 0 fully saturated rings. The minimum Gasteiger partial charge on any atom is -0.291 e. The number of aromatic nitrogens is 5. The van der Waals surface area contributed by atoms with E-state index >= 15 is 0 Å². The summed E-state index contributed by atoms with van der Waals surface area (Å²) in [7, 11) is -3.72. The number of hydrogen-bond donors (Lipinski definition) is 1. The van der Waals surface area contributed by atoms with E-state index in [1.165, 1.54) is 6.20 Å². The van der Waals surface area contributed by atoms with E-state index in [0.29, 0.717) is 29.4 Å². The van der Waals surface area contributed by atoms with Crippen molar-refractivity contribution in [1.29, 1.82) is 0 Å². The van der Waals surface area contributed by atoms with E-state index in [1.54, 1.807) is 54.0 Å². The summed E-state index contributed by atoms with van der Waals surface area (Å²) >= 11 is 0. The third-order valence-corrected chi connectivity index (χ3v) is 5.29. The molecule has 3 rings (SSSR count). The molecule has 0 aliphatic heterocycles. The van der Waals surface area contributed by atoms with Crippen molar-refractivity contribution in [3.8, 4) is 5.82 Å². The molecule has 0 unspecified atom stereocenters. The number of pyridine rings is 1. The fourth-order valence-corrected chi connectivity index (χ4v) is 4.03. The molecule has 9 heteroatoms. The molecule has 0 aliphatic carbocycles. The van der Waals surface area contributed by atoms with Crippen molar-refractivity contribution in [1.82, 2.24) is 24.3 Å². The normalized spacial score (nSPS) is 11.6. The van der Waals surface area contributed by atoms with Gasteiger partial charge in [-0.2, -0.15) is 5.10 Å². The van der Waals surface area contributed by atoms with Gasteiger partial charge in [0.25, 0.3) is 10.0 Å². The summed E-state index contributed by atoms with van der Waals surface area (Å²) in [4.78, 5) is 8.40. The number of rotatable bonds is 5. The lowest BCUT2D eigenvalue weighted by Crippen LogP contribution is -2.15. The second-order valence-corrected chi connectivity index (χ2v) is 6.92. The predicted octanol–water partition coefficient (Wildman–Crippen LogP) is 1.90. The van der Waals surface area contributed by atoms with Crippen molar-refractivity contribution in [2.45, 2.75) is 32.2 Å². The van der Waals surface area contributed by atoms with Gasteiger partial charge in [-0.3, -0.25) is 14.0 Å². The van der Waals surface area contributed by atoms with Gasteiger partial charge in [0.05, 0.1) is 23.3 Å². The smallest absolute Gasteiger partial charge is 0.265 e. The van der Waals surface area contributed by atoms with Gasteiger partial charge in [-0.25, -0.2) is 18.4 Å². The lowest BCUT2D eigenvalue weighted by atomic mass is 10.4. The summed E-state index contributed by atoms with van der Waals surface area (Å²) in [6.45, 7) is 5.97. The van der Waals surface area contributed by atoms with Crippen LogP contribution in [-0.2, 0) is 16.6 Å². The molecule has 3 aromatic rings. The van der Waals surface area contributed by atoms with Gasteiger partial charge >= 0.3 is 0 Å². The summed E-state index contributed by atoms with van der Waals surface area (Å²) < 4.78 is 31.3. The average Bonchev–Trinajstić information content (AvgIpc) is 3.15. The Labute approximate surface area is 140 Å². The van der Waals surface area contributed by atoms with Gasteiger partial charge in [0.1, 0.15) is 17.0 Å². The topological polar surface area (TPSA) is 94.7 Å². The highest BCUT2D eigenvalue weighted by molar-refractivity contribution is 7.92. The first-order valence-corrected chi connectivity index (χ1v) is 8.92.